The van der Waals surface area contributed by atoms with Crippen molar-refractivity contribution in [2.24, 2.45) is 18.9 Å². The van der Waals surface area contributed by atoms with E-state index in [9.17, 15) is 4.79 Å². The minimum Gasteiger partial charge on any atom is -0.342 e. The summed E-state index contributed by atoms with van der Waals surface area (Å²) in [5, 5.41) is 7.62. The normalized spacial score (nSPS) is 30.7. The van der Waals surface area contributed by atoms with Crippen molar-refractivity contribution in [3.63, 3.8) is 0 Å². The molecule has 3 rings (SSSR count). The molecule has 2 aliphatic heterocycles. The first-order chi connectivity index (χ1) is 9.65. The third-order valence-electron chi connectivity index (χ3n) is 4.65. The summed E-state index contributed by atoms with van der Waals surface area (Å²) in [5.41, 5.74) is 1.18. The molecule has 3 heterocycles. The largest absolute Gasteiger partial charge is 0.342 e. The number of likely N-dealkylation sites (tertiary alicyclic amines) is 1. The molecular weight excluding hydrogens is 252 g/mol. The Hall–Kier alpha value is -1.36. The van der Waals surface area contributed by atoms with Gasteiger partial charge in [0.15, 0.2) is 0 Å². The molecular formula is C15H24N4O. The van der Waals surface area contributed by atoms with Crippen LogP contribution < -0.4 is 5.32 Å². The summed E-state index contributed by atoms with van der Waals surface area (Å²) >= 11 is 0. The first-order valence-electron chi connectivity index (χ1n) is 7.63. The van der Waals surface area contributed by atoms with E-state index in [4.69, 9.17) is 0 Å². The third-order valence-corrected chi connectivity index (χ3v) is 4.65. The van der Waals surface area contributed by atoms with E-state index in [1.807, 2.05) is 24.1 Å². The molecule has 0 bridgehead atoms. The van der Waals surface area contributed by atoms with Gasteiger partial charge >= 0.3 is 0 Å². The van der Waals surface area contributed by atoms with Crippen LogP contribution in [-0.2, 0) is 11.8 Å². The van der Waals surface area contributed by atoms with Crippen LogP contribution in [0.2, 0.25) is 0 Å². The number of nitrogens with one attached hydrogen (secondary N) is 1. The molecule has 2 aliphatic rings. The average molecular weight is 276 g/mol. The van der Waals surface area contributed by atoms with Crippen LogP contribution in [0, 0.1) is 11.8 Å². The number of nitrogens with zero attached hydrogens (tertiary/aromatic N) is 3. The highest BCUT2D eigenvalue weighted by Gasteiger charge is 2.37. The molecule has 3 atom stereocenters. The first kappa shape index (κ1) is 13.6. The van der Waals surface area contributed by atoms with Crippen molar-refractivity contribution in [3.8, 4) is 0 Å². The molecule has 1 aromatic heterocycles. The highest BCUT2D eigenvalue weighted by molar-refractivity contribution is 5.80. The summed E-state index contributed by atoms with van der Waals surface area (Å²) < 4.78 is 1.82. The van der Waals surface area contributed by atoms with Gasteiger partial charge in [-0.05, 0) is 24.3 Å². The topological polar surface area (TPSA) is 50.2 Å². The van der Waals surface area contributed by atoms with E-state index in [0.29, 0.717) is 11.8 Å². The molecule has 0 aromatic carbocycles. The quantitative estimate of drug-likeness (QED) is 0.876. The Kier molecular flexibility index (Phi) is 3.78. The lowest BCUT2D eigenvalue weighted by atomic mass is 9.88. The van der Waals surface area contributed by atoms with E-state index < -0.39 is 0 Å². The predicted molar refractivity (Wildman–Crippen MR) is 77.3 cm³/mol. The first-order valence-corrected chi connectivity index (χ1v) is 7.63. The van der Waals surface area contributed by atoms with Gasteiger partial charge in [0, 0.05) is 45.3 Å². The molecule has 1 N–H and O–H groups in total. The van der Waals surface area contributed by atoms with Gasteiger partial charge in [-0.3, -0.25) is 9.48 Å². The summed E-state index contributed by atoms with van der Waals surface area (Å²) in [6.45, 7) is 5.77. The van der Waals surface area contributed by atoms with Crippen LogP contribution in [0.1, 0.15) is 31.2 Å². The Labute approximate surface area is 120 Å². The van der Waals surface area contributed by atoms with Crippen molar-refractivity contribution < 1.29 is 4.79 Å². The number of amides is 1. The number of hydrogen-bond acceptors (Lipinski definition) is 3. The van der Waals surface area contributed by atoms with Gasteiger partial charge in [-0.2, -0.15) is 5.10 Å². The van der Waals surface area contributed by atoms with Crippen molar-refractivity contribution in [1.82, 2.24) is 20.0 Å². The van der Waals surface area contributed by atoms with Gasteiger partial charge in [0.2, 0.25) is 5.91 Å². The molecule has 5 heteroatoms. The summed E-state index contributed by atoms with van der Waals surface area (Å²) in [7, 11) is 1.93. The van der Waals surface area contributed by atoms with Crippen molar-refractivity contribution in [3.05, 3.63) is 18.0 Å². The monoisotopic (exact) mass is 276 g/mol. The molecule has 1 aromatic rings. The van der Waals surface area contributed by atoms with Crippen LogP contribution >= 0.6 is 0 Å². The molecule has 110 valence electrons. The maximum Gasteiger partial charge on any atom is 0.227 e. The Morgan fingerprint density at radius 2 is 2.30 bits per heavy atom. The molecule has 0 spiro atoms. The van der Waals surface area contributed by atoms with Crippen LogP contribution in [-0.4, -0.2) is 46.8 Å². The SMILES string of the molecule is CC1CCCN(C(=O)[C@H]2CNC[C@@H]2c2cnn(C)c2)C1. The van der Waals surface area contributed by atoms with E-state index in [2.05, 4.69) is 22.2 Å². The maximum atomic E-state index is 12.8. The number of aromatic nitrogens is 2. The minimum atomic E-state index is 0.0736. The number of piperidine rings is 1. The molecule has 0 aliphatic carbocycles. The molecule has 1 amide bonds. The van der Waals surface area contributed by atoms with Crippen LogP contribution in [0.5, 0.6) is 0 Å². The Morgan fingerprint density at radius 3 is 3.00 bits per heavy atom. The summed E-state index contributed by atoms with van der Waals surface area (Å²) in [6, 6.07) is 0. The highest BCUT2D eigenvalue weighted by atomic mass is 16.2. The molecule has 0 radical (unpaired) electrons. The standard InChI is InChI=1S/C15H24N4O/c1-11-4-3-5-19(9-11)15(20)14-8-16-7-13(14)12-6-17-18(2)10-12/h6,10-11,13-14,16H,3-5,7-9H2,1-2H3/t11?,13-,14+/m1/s1. The van der Waals surface area contributed by atoms with Crippen molar-refractivity contribution in [1.29, 1.82) is 0 Å². The predicted octanol–water partition coefficient (Wildman–Crippen LogP) is 0.982. The number of carbonyl (C=O) groups excluding carboxylic acids is 1. The summed E-state index contributed by atoms with van der Waals surface area (Å²) in [5.74, 6) is 1.31. The van der Waals surface area contributed by atoms with E-state index in [1.54, 1.807) is 0 Å². The Balaban J connectivity index is 1.73. The van der Waals surface area contributed by atoms with Crippen molar-refractivity contribution >= 4 is 5.91 Å². The highest BCUT2D eigenvalue weighted by Crippen LogP contribution is 2.30. The summed E-state index contributed by atoms with van der Waals surface area (Å²) in [4.78, 5) is 14.9. The number of aryl methyl sites for hydroxylation is 1. The van der Waals surface area contributed by atoms with Gasteiger partial charge in [-0.15, -0.1) is 0 Å². The second-order valence-electron chi connectivity index (χ2n) is 6.35. The fourth-order valence-electron chi connectivity index (χ4n) is 3.54. The Morgan fingerprint density at radius 1 is 1.45 bits per heavy atom. The molecule has 20 heavy (non-hydrogen) atoms. The summed E-state index contributed by atoms with van der Waals surface area (Å²) in [6.07, 6.45) is 6.33. The number of hydrogen-bond donors (Lipinski definition) is 1. The minimum absolute atomic E-state index is 0.0736. The van der Waals surface area contributed by atoms with Crippen LogP contribution in [0.15, 0.2) is 12.4 Å². The zero-order valence-electron chi connectivity index (χ0n) is 12.4. The van der Waals surface area contributed by atoms with Crippen LogP contribution in [0.4, 0.5) is 0 Å². The van der Waals surface area contributed by atoms with Crippen molar-refractivity contribution in [2.45, 2.75) is 25.7 Å². The molecule has 2 saturated heterocycles. The number of carbonyl (C=O) groups is 1. The number of rotatable bonds is 2. The van der Waals surface area contributed by atoms with Gasteiger partial charge in [0.1, 0.15) is 0 Å². The van der Waals surface area contributed by atoms with Gasteiger partial charge in [0.05, 0.1) is 12.1 Å². The van der Waals surface area contributed by atoms with Gasteiger partial charge in [-0.25, -0.2) is 0 Å². The molecule has 2 fully saturated rings. The van der Waals surface area contributed by atoms with Gasteiger partial charge in [-0.1, -0.05) is 6.92 Å². The fraction of sp³-hybridized carbons (Fsp3) is 0.733. The van der Waals surface area contributed by atoms with Crippen LogP contribution in [0.25, 0.3) is 0 Å². The molecule has 1 unspecified atom stereocenters. The molecule has 0 saturated carbocycles. The second kappa shape index (κ2) is 5.56. The van der Waals surface area contributed by atoms with E-state index in [1.165, 1.54) is 12.0 Å². The van der Waals surface area contributed by atoms with Gasteiger partial charge < -0.3 is 10.2 Å². The smallest absolute Gasteiger partial charge is 0.227 e. The fourth-order valence-corrected chi connectivity index (χ4v) is 3.54. The van der Waals surface area contributed by atoms with E-state index in [0.717, 1.165) is 32.6 Å². The van der Waals surface area contributed by atoms with E-state index >= 15 is 0 Å². The average Bonchev–Trinajstić information content (AvgIpc) is 3.06. The lowest BCUT2D eigenvalue weighted by molar-refractivity contribution is -0.137. The van der Waals surface area contributed by atoms with Crippen molar-refractivity contribution in [2.75, 3.05) is 26.2 Å². The third kappa shape index (κ3) is 2.59. The van der Waals surface area contributed by atoms with Gasteiger partial charge in [0.25, 0.3) is 0 Å². The molecule has 5 nitrogen and oxygen atoms in total. The maximum absolute atomic E-state index is 12.8. The zero-order chi connectivity index (χ0) is 14.1. The Bertz CT molecular complexity index is 484. The van der Waals surface area contributed by atoms with E-state index in [-0.39, 0.29) is 11.8 Å². The van der Waals surface area contributed by atoms with Crippen LogP contribution in [0.3, 0.4) is 0 Å². The lowest BCUT2D eigenvalue weighted by Gasteiger charge is -2.33. The lowest BCUT2D eigenvalue weighted by Crippen LogP contribution is -2.44. The second-order valence-corrected chi connectivity index (χ2v) is 6.35. The zero-order valence-corrected chi connectivity index (χ0v) is 12.4.